The lowest BCUT2D eigenvalue weighted by molar-refractivity contribution is 0.0694. The average Bonchev–Trinajstić information content (AvgIpc) is 3.51. The third-order valence-electron chi connectivity index (χ3n) is 6.43. The van der Waals surface area contributed by atoms with Crippen LogP contribution in [0, 0.1) is 17.0 Å². The molecule has 1 aromatic heterocycles. The van der Waals surface area contributed by atoms with Gasteiger partial charge < -0.3 is 30.5 Å². The van der Waals surface area contributed by atoms with Gasteiger partial charge in [0.05, 0.1) is 40.5 Å². The number of nitrogens with one attached hydrogen (secondary N) is 1. The molecule has 0 bridgehead atoms. The molecule has 196 valence electrons. The predicted octanol–water partition coefficient (Wildman–Crippen LogP) is 0.811. The summed E-state index contributed by atoms with van der Waals surface area (Å²) in [6.45, 7) is 1.66. The molecular formula is C21H25F2N5O7S. The van der Waals surface area contributed by atoms with Crippen LogP contribution in [0.4, 0.5) is 20.2 Å². The normalized spacial score (nSPS) is 19.8. The van der Waals surface area contributed by atoms with Gasteiger partial charge in [0.25, 0.3) is 10.1 Å². The van der Waals surface area contributed by atoms with Crippen LogP contribution < -0.4 is 21.4 Å². The molecule has 2 aromatic rings. The first-order chi connectivity index (χ1) is 16.8. The first kappa shape index (κ1) is 25.8. The number of rotatable bonds is 4. The molecular weight excluding hydrogens is 504 g/mol. The molecule has 0 amide bonds. The van der Waals surface area contributed by atoms with E-state index in [2.05, 4.69) is 10.5 Å². The summed E-state index contributed by atoms with van der Waals surface area (Å²) < 4.78 is 58.6. The Kier molecular flexibility index (Phi) is 6.43. The molecule has 3 aliphatic rings. The summed E-state index contributed by atoms with van der Waals surface area (Å²) in [5, 5.41) is 16.2. The minimum atomic E-state index is -3.67. The van der Waals surface area contributed by atoms with Crippen LogP contribution in [0.3, 0.4) is 0 Å². The second kappa shape index (κ2) is 8.97. The Morgan fingerprint density at radius 2 is 1.92 bits per heavy atom. The fourth-order valence-corrected chi connectivity index (χ4v) is 4.62. The van der Waals surface area contributed by atoms with Gasteiger partial charge in [-0.05, 0) is 12.8 Å². The summed E-state index contributed by atoms with van der Waals surface area (Å²) >= 11 is 0. The summed E-state index contributed by atoms with van der Waals surface area (Å²) in [7, 11) is -2.25. The Labute approximate surface area is 204 Å². The van der Waals surface area contributed by atoms with E-state index in [0.717, 1.165) is 6.20 Å². The molecule has 12 nitrogen and oxygen atoms in total. The van der Waals surface area contributed by atoms with Crippen molar-refractivity contribution in [3.63, 3.8) is 0 Å². The SMILES string of the molecule is CON=C1CN(c2c(F)c(N)c3c(=O)c(C(=O)O)cn(C4CC4)c3c2F)CC12CNC2.CS(=O)(=O)O. The fourth-order valence-electron chi connectivity index (χ4n) is 4.62. The molecule has 1 aromatic carbocycles. The summed E-state index contributed by atoms with van der Waals surface area (Å²) in [5.74, 6) is -3.47. The van der Waals surface area contributed by atoms with E-state index in [0.29, 0.717) is 44.4 Å². The van der Waals surface area contributed by atoms with E-state index in [9.17, 15) is 23.1 Å². The summed E-state index contributed by atoms with van der Waals surface area (Å²) in [6, 6.07) is -0.167. The second-order valence-corrected chi connectivity index (χ2v) is 10.6. The Morgan fingerprint density at radius 3 is 2.39 bits per heavy atom. The van der Waals surface area contributed by atoms with E-state index in [1.54, 1.807) is 0 Å². The number of carboxylic acids is 1. The molecule has 3 heterocycles. The standard InChI is InChI=1S/C20H21F2N5O4.CH4O3S/c1-31-25-11-5-26(8-20(11)6-24-7-20)17-13(21)15(23)12-16(14(17)22)27(9-2-3-9)4-10(18(12)28)19(29)30;1-5(2,3)4/h4,9,24H,2-3,5-8,23H2,1H3,(H,29,30);1H3,(H,2,3,4). The van der Waals surface area contributed by atoms with Crippen LogP contribution in [0.5, 0.6) is 0 Å². The Morgan fingerprint density at radius 1 is 1.31 bits per heavy atom. The third kappa shape index (κ3) is 4.49. The quantitative estimate of drug-likeness (QED) is 0.252. The molecule has 2 aliphatic heterocycles. The average molecular weight is 530 g/mol. The number of hydrogen-bond donors (Lipinski definition) is 4. The van der Waals surface area contributed by atoms with Crippen molar-refractivity contribution < 1.29 is 36.5 Å². The molecule has 36 heavy (non-hydrogen) atoms. The summed E-state index contributed by atoms with van der Waals surface area (Å²) in [6.07, 6.45) is 3.25. The molecule has 0 atom stereocenters. The molecule has 1 aliphatic carbocycles. The van der Waals surface area contributed by atoms with E-state index in [-0.39, 0.29) is 29.2 Å². The van der Waals surface area contributed by atoms with Gasteiger partial charge in [-0.1, -0.05) is 5.16 Å². The second-order valence-electron chi connectivity index (χ2n) is 9.12. The largest absolute Gasteiger partial charge is 0.477 e. The van der Waals surface area contributed by atoms with Crippen molar-refractivity contribution in [3.8, 4) is 0 Å². The summed E-state index contributed by atoms with van der Waals surface area (Å²) in [5.41, 5.74) is 3.66. The maximum atomic E-state index is 15.9. The van der Waals surface area contributed by atoms with Crippen molar-refractivity contribution in [2.45, 2.75) is 18.9 Å². The number of nitrogens with two attached hydrogens (primary N) is 1. The highest BCUT2D eigenvalue weighted by Crippen LogP contribution is 2.43. The highest BCUT2D eigenvalue weighted by Gasteiger charge is 2.50. The molecule has 3 fully saturated rings. The van der Waals surface area contributed by atoms with Crippen molar-refractivity contribution in [1.29, 1.82) is 0 Å². The third-order valence-corrected chi connectivity index (χ3v) is 6.43. The number of carbonyl (C=O) groups is 1. The maximum absolute atomic E-state index is 15.9. The minimum absolute atomic E-state index is 0.148. The van der Waals surface area contributed by atoms with Gasteiger partial charge in [-0.25, -0.2) is 13.6 Å². The fraction of sp³-hybridized carbons (Fsp3) is 0.476. The number of fused-ring (bicyclic) bond motifs is 1. The van der Waals surface area contributed by atoms with E-state index >= 15 is 8.78 Å². The van der Waals surface area contributed by atoms with Gasteiger partial charge in [-0.3, -0.25) is 9.35 Å². The number of halogens is 2. The molecule has 1 saturated carbocycles. The number of nitrogen functional groups attached to an aromatic ring is 1. The van der Waals surface area contributed by atoms with Crippen molar-refractivity contribution in [1.82, 2.24) is 9.88 Å². The lowest BCUT2D eigenvalue weighted by atomic mass is 9.79. The number of aromatic nitrogens is 1. The number of carboxylic acid groups (broad SMARTS) is 1. The van der Waals surface area contributed by atoms with Gasteiger partial charge in [0.1, 0.15) is 18.4 Å². The van der Waals surface area contributed by atoms with Gasteiger partial charge in [-0.15, -0.1) is 0 Å². The van der Waals surface area contributed by atoms with Gasteiger partial charge in [-0.2, -0.15) is 8.42 Å². The van der Waals surface area contributed by atoms with Crippen molar-refractivity contribution >= 4 is 44.1 Å². The monoisotopic (exact) mass is 529 g/mol. The number of hydrogen-bond acceptors (Lipinski definition) is 9. The zero-order valence-electron chi connectivity index (χ0n) is 19.4. The topological polar surface area (TPSA) is 177 Å². The van der Waals surface area contributed by atoms with Crippen molar-refractivity contribution in [3.05, 3.63) is 33.6 Å². The van der Waals surface area contributed by atoms with Crippen LogP contribution in [-0.2, 0) is 15.0 Å². The predicted molar refractivity (Wildman–Crippen MR) is 127 cm³/mol. The Bertz CT molecular complexity index is 1440. The van der Waals surface area contributed by atoms with Crippen LogP contribution >= 0.6 is 0 Å². The van der Waals surface area contributed by atoms with Crippen LogP contribution in [0.15, 0.2) is 16.1 Å². The highest BCUT2D eigenvalue weighted by atomic mass is 32.2. The zero-order valence-corrected chi connectivity index (χ0v) is 20.2. The maximum Gasteiger partial charge on any atom is 0.341 e. The number of benzene rings is 1. The zero-order chi connectivity index (χ0) is 26.6. The lowest BCUT2D eigenvalue weighted by Gasteiger charge is -2.39. The number of oxime groups is 1. The van der Waals surface area contributed by atoms with Crippen LogP contribution in [0.1, 0.15) is 29.2 Å². The van der Waals surface area contributed by atoms with Crippen LogP contribution in [-0.4, -0.2) is 73.9 Å². The molecule has 0 radical (unpaired) electrons. The van der Waals surface area contributed by atoms with Crippen molar-refractivity contribution in [2.24, 2.45) is 10.6 Å². The van der Waals surface area contributed by atoms with E-state index < -0.39 is 49.8 Å². The number of anilines is 2. The van der Waals surface area contributed by atoms with Crippen LogP contribution in [0.25, 0.3) is 10.9 Å². The van der Waals surface area contributed by atoms with Gasteiger partial charge in [0.15, 0.2) is 11.6 Å². The van der Waals surface area contributed by atoms with Crippen LogP contribution in [0.2, 0.25) is 0 Å². The number of aromatic carboxylic acids is 1. The van der Waals surface area contributed by atoms with Crippen molar-refractivity contribution in [2.75, 3.05) is 50.2 Å². The van der Waals surface area contributed by atoms with Gasteiger partial charge in [0, 0.05) is 31.9 Å². The van der Waals surface area contributed by atoms with E-state index in [1.807, 2.05) is 0 Å². The molecule has 2 saturated heterocycles. The first-order valence-electron chi connectivity index (χ1n) is 10.9. The van der Waals surface area contributed by atoms with Gasteiger partial charge >= 0.3 is 5.97 Å². The van der Waals surface area contributed by atoms with E-state index in [4.69, 9.17) is 15.1 Å². The Balaban J connectivity index is 0.000000556. The number of nitrogens with zero attached hydrogens (tertiary/aromatic N) is 3. The molecule has 15 heteroatoms. The molecule has 1 spiro atoms. The summed E-state index contributed by atoms with van der Waals surface area (Å²) in [4.78, 5) is 30.7. The number of pyridine rings is 1. The molecule has 5 rings (SSSR count). The van der Waals surface area contributed by atoms with Gasteiger partial charge in [0.2, 0.25) is 5.43 Å². The molecule has 0 unspecified atom stereocenters. The highest BCUT2D eigenvalue weighted by molar-refractivity contribution is 7.85. The lowest BCUT2D eigenvalue weighted by Crippen LogP contribution is -2.58. The smallest absolute Gasteiger partial charge is 0.341 e. The van der Waals surface area contributed by atoms with E-state index in [1.165, 1.54) is 16.6 Å². The minimum Gasteiger partial charge on any atom is -0.477 e. The Hall–Kier alpha value is -3.30. The first-order valence-corrected chi connectivity index (χ1v) is 12.7. The molecule has 5 N–H and O–H groups in total.